The Bertz CT molecular complexity index is 1430. The predicted molar refractivity (Wildman–Crippen MR) is 142 cm³/mol. The van der Waals surface area contributed by atoms with Crippen LogP contribution in [0.1, 0.15) is 23.4 Å². The molecular weight excluding hydrogens is 454 g/mol. The van der Waals surface area contributed by atoms with Crippen molar-refractivity contribution >= 4 is 28.3 Å². The summed E-state index contributed by atoms with van der Waals surface area (Å²) in [6.45, 7) is 4.54. The molecule has 9 nitrogen and oxygen atoms in total. The van der Waals surface area contributed by atoms with Crippen molar-refractivity contribution in [3.05, 3.63) is 82.3 Å². The van der Waals surface area contributed by atoms with Crippen LogP contribution in [0.4, 0.5) is 11.5 Å². The minimum atomic E-state index is -0.288. The number of aromatic nitrogens is 4. The molecular formula is C27H31N7O2. The molecule has 0 bridgehead atoms. The fourth-order valence-corrected chi connectivity index (χ4v) is 4.70. The first kappa shape index (κ1) is 23.6. The monoisotopic (exact) mass is 485 g/mol. The highest BCUT2D eigenvalue weighted by molar-refractivity contribution is 5.78. The number of nitrogens with zero attached hydrogens (tertiary/aromatic N) is 4. The zero-order chi connectivity index (χ0) is 24.9. The van der Waals surface area contributed by atoms with E-state index < -0.39 is 0 Å². The van der Waals surface area contributed by atoms with Crippen molar-refractivity contribution in [3.8, 4) is 0 Å². The Morgan fingerprint density at radius 2 is 2.03 bits per heavy atom. The van der Waals surface area contributed by atoms with E-state index in [-0.39, 0.29) is 23.8 Å². The molecule has 4 aromatic rings. The van der Waals surface area contributed by atoms with E-state index in [0.29, 0.717) is 25.2 Å². The summed E-state index contributed by atoms with van der Waals surface area (Å²) in [7, 11) is 0. The lowest BCUT2D eigenvalue weighted by atomic mass is 10.0. The van der Waals surface area contributed by atoms with Gasteiger partial charge in [0.1, 0.15) is 6.54 Å². The maximum Gasteiger partial charge on any atom is 0.293 e. The summed E-state index contributed by atoms with van der Waals surface area (Å²) < 4.78 is 1.46. The van der Waals surface area contributed by atoms with E-state index in [0.717, 1.165) is 42.5 Å². The molecule has 0 radical (unpaired) electrons. The van der Waals surface area contributed by atoms with Crippen LogP contribution in [0.3, 0.4) is 0 Å². The van der Waals surface area contributed by atoms with E-state index >= 15 is 0 Å². The van der Waals surface area contributed by atoms with Gasteiger partial charge in [-0.2, -0.15) is 0 Å². The van der Waals surface area contributed by atoms with Gasteiger partial charge in [-0.25, -0.2) is 4.98 Å². The molecule has 0 unspecified atom stereocenters. The molecule has 186 valence electrons. The first-order valence-electron chi connectivity index (χ1n) is 12.4. The summed E-state index contributed by atoms with van der Waals surface area (Å²) in [6, 6.07) is 12.5. The lowest BCUT2D eigenvalue weighted by molar-refractivity contribution is -0.121. The minimum absolute atomic E-state index is 0.0500. The topological polar surface area (TPSA) is 108 Å². The standard InChI is InChI=1S/C27H31N7O2/c1-19-16-32-26(30-12-14-33-13-4-6-20-5-2-3-7-24(20)33)27(36)34(19)18-25(35)29-11-9-22-15-21-8-10-28-23(21)17-31-22/h2-3,5,7-8,10,15-17,28H,4,6,9,11-14,18H2,1H3,(H,29,35)(H,30,32). The van der Waals surface area contributed by atoms with Crippen LogP contribution in [-0.2, 0) is 24.2 Å². The lowest BCUT2D eigenvalue weighted by Gasteiger charge is -2.31. The number of hydrogen-bond donors (Lipinski definition) is 3. The normalized spacial score (nSPS) is 13.0. The zero-order valence-corrected chi connectivity index (χ0v) is 20.5. The highest BCUT2D eigenvalue weighted by atomic mass is 16.2. The largest absolute Gasteiger partial charge is 0.370 e. The molecule has 0 spiro atoms. The van der Waals surface area contributed by atoms with Crippen LogP contribution in [0.25, 0.3) is 10.9 Å². The van der Waals surface area contributed by atoms with Gasteiger partial charge in [0.15, 0.2) is 5.82 Å². The van der Waals surface area contributed by atoms with Gasteiger partial charge in [0.2, 0.25) is 5.91 Å². The van der Waals surface area contributed by atoms with Crippen LogP contribution in [0.2, 0.25) is 0 Å². The highest BCUT2D eigenvalue weighted by Crippen LogP contribution is 2.26. The third-order valence-corrected chi connectivity index (χ3v) is 6.63. The summed E-state index contributed by atoms with van der Waals surface area (Å²) in [6.07, 6.45) is 8.14. The van der Waals surface area contributed by atoms with E-state index in [9.17, 15) is 9.59 Å². The maximum absolute atomic E-state index is 13.0. The van der Waals surface area contributed by atoms with E-state index in [1.165, 1.54) is 15.8 Å². The number of amides is 1. The Labute approximate surface area is 209 Å². The molecule has 0 aliphatic carbocycles. The number of rotatable bonds is 9. The molecule has 0 saturated heterocycles. The number of pyridine rings is 1. The third-order valence-electron chi connectivity index (χ3n) is 6.63. The van der Waals surface area contributed by atoms with Gasteiger partial charge >= 0.3 is 0 Å². The summed E-state index contributed by atoms with van der Waals surface area (Å²) in [4.78, 5) is 39.8. The van der Waals surface area contributed by atoms with Crippen LogP contribution in [0.5, 0.6) is 0 Å². The van der Waals surface area contributed by atoms with E-state index in [4.69, 9.17) is 0 Å². The number of carbonyl (C=O) groups is 1. The third kappa shape index (κ3) is 5.25. The molecule has 1 aliphatic rings. The average molecular weight is 486 g/mol. The summed E-state index contributed by atoms with van der Waals surface area (Å²) in [5.74, 6) is 0.0488. The van der Waals surface area contributed by atoms with E-state index in [2.05, 4.69) is 54.8 Å². The Balaban J connectivity index is 1.15. The van der Waals surface area contributed by atoms with Crippen LogP contribution in [-0.4, -0.2) is 51.6 Å². The van der Waals surface area contributed by atoms with Gasteiger partial charge in [-0.05, 0) is 43.5 Å². The Kier molecular flexibility index (Phi) is 6.97. The molecule has 3 N–H and O–H groups in total. The fourth-order valence-electron chi connectivity index (χ4n) is 4.70. The Hall–Kier alpha value is -4.14. The number of hydrogen-bond acceptors (Lipinski definition) is 6. The zero-order valence-electron chi connectivity index (χ0n) is 20.5. The second-order valence-electron chi connectivity index (χ2n) is 9.13. The molecule has 0 saturated carbocycles. The molecule has 1 aromatic carbocycles. The number of para-hydroxylation sites is 1. The summed E-state index contributed by atoms with van der Waals surface area (Å²) in [5.41, 5.74) is 4.88. The van der Waals surface area contributed by atoms with Crippen LogP contribution < -0.4 is 21.1 Å². The molecule has 5 rings (SSSR count). The van der Waals surface area contributed by atoms with Crippen LogP contribution in [0.15, 0.2) is 59.8 Å². The van der Waals surface area contributed by atoms with Crippen LogP contribution in [0, 0.1) is 6.92 Å². The Morgan fingerprint density at radius 3 is 2.94 bits per heavy atom. The molecule has 36 heavy (non-hydrogen) atoms. The van der Waals surface area contributed by atoms with Crippen molar-refractivity contribution in [1.29, 1.82) is 0 Å². The number of aromatic amines is 1. The van der Waals surface area contributed by atoms with Gasteiger partial charge in [-0.1, -0.05) is 18.2 Å². The second kappa shape index (κ2) is 10.6. The van der Waals surface area contributed by atoms with Gasteiger partial charge in [-0.15, -0.1) is 0 Å². The number of anilines is 2. The van der Waals surface area contributed by atoms with Crippen molar-refractivity contribution in [1.82, 2.24) is 24.8 Å². The van der Waals surface area contributed by atoms with Crippen molar-refractivity contribution in [2.75, 3.05) is 36.4 Å². The second-order valence-corrected chi connectivity index (χ2v) is 9.13. The van der Waals surface area contributed by atoms with Gasteiger partial charge in [0, 0.05) is 67.5 Å². The maximum atomic E-state index is 13.0. The average Bonchev–Trinajstić information content (AvgIpc) is 3.36. The smallest absolute Gasteiger partial charge is 0.293 e. The molecule has 0 fully saturated rings. The first-order chi connectivity index (χ1) is 17.6. The van der Waals surface area contributed by atoms with Gasteiger partial charge in [0.05, 0.1) is 11.7 Å². The quantitative estimate of drug-likeness (QED) is 0.336. The molecule has 1 aliphatic heterocycles. The number of aryl methyl sites for hydroxylation is 2. The van der Waals surface area contributed by atoms with Crippen molar-refractivity contribution in [2.24, 2.45) is 0 Å². The number of nitrogens with one attached hydrogen (secondary N) is 3. The minimum Gasteiger partial charge on any atom is -0.370 e. The SMILES string of the molecule is Cc1cnc(NCCN2CCCc3ccccc32)c(=O)n1CC(=O)NCCc1cc2cc[nH]c2cn1. The lowest BCUT2D eigenvalue weighted by Crippen LogP contribution is -2.37. The van der Waals surface area contributed by atoms with Crippen LogP contribution >= 0.6 is 0 Å². The Morgan fingerprint density at radius 1 is 1.14 bits per heavy atom. The number of fused-ring (bicyclic) bond motifs is 2. The van der Waals surface area contributed by atoms with Gasteiger partial charge in [-0.3, -0.25) is 19.1 Å². The predicted octanol–water partition coefficient (Wildman–Crippen LogP) is 2.65. The number of benzene rings is 1. The van der Waals surface area contributed by atoms with Crippen molar-refractivity contribution in [3.63, 3.8) is 0 Å². The van der Waals surface area contributed by atoms with Gasteiger partial charge in [0.25, 0.3) is 5.56 Å². The van der Waals surface area contributed by atoms with Crippen molar-refractivity contribution in [2.45, 2.75) is 32.7 Å². The molecule has 9 heteroatoms. The van der Waals surface area contributed by atoms with E-state index in [1.807, 2.05) is 18.3 Å². The fraction of sp³-hybridized carbons (Fsp3) is 0.333. The summed E-state index contributed by atoms with van der Waals surface area (Å²) >= 11 is 0. The first-order valence-corrected chi connectivity index (χ1v) is 12.4. The molecule has 1 amide bonds. The van der Waals surface area contributed by atoms with Gasteiger partial charge < -0.3 is 20.5 Å². The highest BCUT2D eigenvalue weighted by Gasteiger charge is 2.16. The van der Waals surface area contributed by atoms with Crippen molar-refractivity contribution < 1.29 is 4.79 Å². The number of H-pyrrole nitrogens is 1. The molecule has 3 aromatic heterocycles. The van der Waals surface area contributed by atoms with E-state index in [1.54, 1.807) is 19.3 Å². The summed E-state index contributed by atoms with van der Waals surface area (Å²) in [5, 5.41) is 7.17. The molecule has 4 heterocycles. The molecule has 0 atom stereocenters. The number of carbonyl (C=O) groups excluding carboxylic acids is 1.